The van der Waals surface area contributed by atoms with Crippen LogP contribution in [0.3, 0.4) is 0 Å². The molecule has 0 aliphatic heterocycles. The number of hydrogen-bond donors (Lipinski definition) is 1. The lowest BCUT2D eigenvalue weighted by Crippen LogP contribution is -2.11. The average molecular weight is 328 g/mol. The minimum atomic E-state index is -0.186. The molecular weight excluding hydrogens is 314 g/mol. The van der Waals surface area contributed by atoms with Gasteiger partial charge in [0.1, 0.15) is 0 Å². The second kappa shape index (κ2) is 6.36. The normalized spacial score (nSPS) is 12.6. The Morgan fingerprint density at radius 1 is 1.39 bits per heavy atom. The van der Waals surface area contributed by atoms with Gasteiger partial charge in [-0.25, -0.2) is 0 Å². The number of nitrogens with zero attached hydrogens (tertiary/aromatic N) is 2. The highest BCUT2D eigenvalue weighted by Crippen LogP contribution is 2.21. The van der Waals surface area contributed by atoms with E-state index in [1.807, 2.05) is 30.5 Å². The van der Waals surface area contributed by atoms with Crippen molar-refractivity contribution in [2.24, 2.45) is 5.73 Å². The Balaban J connectivity index is 2.12. The molecule has 1 unspecified atom stereocenters. The second-order valence-corrected chi connectivity index (χ2v) is 5.75. The molecule has 0 fully saturated rings. The van der Waals surface area contributed by atoms with E-state index < -0.39 is 0 Å². The summed E-state index contributed by atoms with van der Waals surface area (Å²) in [5.74, 6) is 2.07. The highest BCUT2D eigenvalue weighted by atomic mass is 79.9. The molecular formula is C12H14BrN3OS. The molecule has 1 heterocycles. The monoisotopic (exact) mass is 327 g/mol. The highest BCUT2D eigenvalue weighted by Gasteiger charge is 2.15. The van der Waals surface area contributed by atoms with Crippen LogP contribution in [0.1, 0.15) is 18.4 Å². The fourth-order valence-electron chi connectivity index (χ4n) is 1.47. The van der Waals surface area contributed by atoms with Gasteiger partial charge < -0.3 is 10.3 Å². The SMILES string of the molecule is CSCCC(N)c1nc(-c2ccc(Br)cc2)no1. The molecule has 0 radical (unpaired) electrons. The Kier molecular flexibility index (Phi) is 4.79. The summed E-state index contributed by atoms with van der Waals surface area (Å²) >= 11 is 5.14. The predicted octanol–water partition coefficient (Wildman–Crippen LogP) is 3.25. The van der Waals surface area contributed by atoms with Crippen LogP contribution in [0.2, 0.25) is 0 Å². The summed E-state index contributed by atoms with van der Waals surface area (Å²) in [7, 11) is 0. The smallest absolute Gasteiger partial charge is 0.243 e. The van der Waals surface area contributed by atoms with Crippen molar-refractivity contribution in [2.45, 2.75) is 12.5 Å². The summed E-state index contributed by atoms with van der Waals surface area (Å²) in [6.45, 7) is 0. The maximum absolute atomic E-state index is 5.98. The number of halogens is 1. The third-order valence-corrected chi connectivity index (χ3v) is 3.67. The topological polar surface area (TPSA) is 64.9 Å². The van der Waals surface area contributed by atoms with Gasteiger partial charge in [0.05, 0.1) is 6.04 Å². The highest BCUT2D eigenvalue weighted by molar-refractivity contribution is 9.10. The van der Waals surface area contributed by atoms with Crippen LogP contribution >= 0.6 is 27.7 Å². The molecule has 0 aliphatic carbocycles. The molecule has 2 N–H and O–H groups in total. The van der Waals surface area contributed by atoms with E-state index >= 15 is 0 Å². The molecule has 0 saturated carbocycles. The molecule has 6 heteroatoms. The van der Waals surface area contributed by atoms with Crippen LogP contribution in [-0.2, 0) is 0 Å². The van der Waals surface area contributed by atoms with Crippen LogP contribution in [0.15, 0.2) is 33.3 Å². The first-order valence-electron chi connectivity index (χ1n) is 5.55. The van der Waals surface area contributed by atoms with Crippen molar-refractivity contribution in [1.82, 2.24) is 10.1 Å². The van der Waals surface area contributed by atoms with Crippen LogP contribution in [0, 0.1) is 0 Å². The van der Waals surface area contributed by atoms with Gasteiger partial charge in [0.2, 0.25) is 11.7 Å². The van der Waals surface area contributed by atoms with Crippen molar-refractivity contribution >= 4 is 27.7 Å². The van der Waals surface area contributed by atoms with E-state index in [1.54, 1.807) is 11.8 Å². The Hall–Kier alpha value is -0.850. The Morgan fingerprint density at radius 2 is 2.11 bits per heavy atom. The van der Waals surface area contributed by atoms with E-state index in [0.717, 1.165) is 22.2 Å². The molecule has 0 amide bonds. The molecule has 0 aliphatic rings. The van der Waals surface area contributed by atoms with Gasteiger partial charge in [0, 0.05) is 10.0 Å². The van der Waals surface area contributed by atoms with Crippen molar-refractivity contribution in [3.05, 3.63) is 34.6 Å². The van der Waals surface area contributed by atoms with Gasteiger partial charge in [-0.05, 0) is 42.7 Å². The minimum Gasteiger partial charge on any atom is -0.337 e. The summed E-state index contributed by atoms with van der Waals surface area (Å²) in [4.78, 5) is 4.34. The Bertz CT molecular complexity index is 500. The number of aromatic nitrogens is 2. The van der Waals surface area contributed by atoms with Crippen molar-refractivity contribution in [3.8, 4) is 11.4 Å². The second-order valence-electron chi connectivity index (χ2n) is 3.85. The average Bonchev–Trinajstić information content (AvgIpc) is 2.86. The summed E-state index contributed by atoms with van der Waals surface area (Å²) in [6.07, 6.45) is 2.89. The van der Waals surface area contributed by atoms with Gasteiger partial charge in [-0.1, -0.05) is 21.1 Å². The van der Waals surface area contributed by atoms with Crippen molar-refractivity contribution in [3.63, 3.8) is 0 Å². The molecule has 1 aromatic carbocycles. The number of thioether (sulfide) groups is 1. The zero-order valence-corrected chi connectivity index (χ0v) is 12.4. The quantitative estimate of drug-likeness (QED) is 0.913. The Morgan fingerprint density at radius 3 is 2.78 bits per heavy atom. The van der Waals surface area contributed by atoms with E-state index in [-0.39, 0.29) is 6.04 Å². The third kappa shape index (κ3) is 3.34. The molecule has 18 heavy (non-hydrogen) atoms. The maximum Gasteiger partial charge on any atom is 0.243 e. The lowest BCUT2D eigenvalue weighted by Gasteiger charge is -2.03. The minimum absolute atomic E-state index is 0.186. The molecule has 0 bridgehead atoms. The molecule has 1 atom stereocenters. The molecule has 2 aromatic rings. The van der Waals surface area contributed by atoms with E-state index in [1.165, 1.54) is 0 Å². The largest absolute Gasteiger partial charge is 0.337 e. The molecule has 1 aromatic heterocycles. The van der Waals surface area contributed by atoms with E-state index in [4.69, 9.17) is 10.3 Å². The van der Waals surface area contributed by atoms with Crippen LogP contribution < -0.4 is 5.73 Å². The first-order chi connectivity index (χ1) is 8.70. The molecule has 0 spiro atoms. The van der Waals surface area contributed by atoms with E-state index in [2.05, 4.69) is 26.1 Å². The first kappa shape index (κ1) is 13.6. The summed E-state index contributed by atoms with van der Waals surface area (Å²) < 4.78 is 6.22. The number of nitrogens with two attached hydrogens (primary N) is 1. The summed E-state index contributed by atoms with van der Waals surface area (Å²) in [6, 6.07) is 7.57. The van der Waals surface area contributed by atoms with Gasteiger partial charge in [0.15, 0.2) is 0 Å². The van der Waals surface area contributed by atoms with Crippen molar-refractivity contribution in [2.75, 3.05) is 12.0 Å². The zero-order chi connectivity index (χ0) is 13.0. The van der Waals surface area contributed by atoms with Crippen LogP contribution in [0.5, 0.6) is 0 Å². The summed E-state index contributed by atoms with van der Waals surface area (Å²) in [5, 5.41) is 3.96. The molecule has 4 nitrogen and oxygen atoms in total. The summed E-state index contributed by atoms with van der Waals surface area (Å²) in [5.41, 5.74) is 6.90. The molecule has 96 valence electrons. The first-order valence-corrected chi connectivity index (χ1v) is 7.73. The van der Waals surface area contributed by atoms with Crippen LogP contribution in [-0.4, -0.2) is 22.1 Å². The van der Waals surface area contributed by atoms with Gasteiger partial charge in [-0.3, -0.25) is 0 Å². The Labute approximate surface area is 118 Å². The van der Waals surface area contributed by atoms with Gasteiger partial charge in [-0.2, -0.15) is 16.7 Å². The fraction of sp³-hybridized carbons (Fsp3) is 0.333. The number of rotatable bonds is 5. The lowest BCUT2D eigenvalue weighted by atomic mass is 10.2. The van der Waals surface area contributed by atoms with Crippen LogP contribution in [0.4, 0.5) is 0 Å². The van der Waals surface area contributed by atoms with Crippen LogP contribution in [0.25, 0.3) is 11.4 Å². The molecule has 2 rings (SSSR count). The van der Waals surface area contributed by atoms with Gasteiger partial charge in [0.25, 0.3) is 0 Å². The standard InChI is InChI=1S/C12H14BrN3OS/c1-18-7-6-10(14)12-15-11(16-17-12)8-2-4-9(13)5-3-8/h2-5,10H,6-7,14H2,1H3. The third-order valence-electron chi connectivity index (χ3n) is 2.49. The lowest BCUT2D eigenvalue weighted by molar-refractivity contribution is 0.353. The predicted molar refractivity (Wildman–Crippen MR) is 77.4 cm³/mol. The number of benzene rings is 1. The van der Waals surface area contributed by atoms with Gasteiger partial charge in [-0.15, -0.1) is 0 Å². The molecule has 0 saturated heterocycles. The fourth-order valence-corrected chi connectivity index (χ4v) is 2.22. The van der Waals surface area contributed by atoms with E-state index in [9.17, 15) is 0 Å². The van der Waals surface area contributed by atoms with Crippen molar-refractivity contribution < 1.29 is 4.52 Å². The zero-order valence-electron chi connectivity index (χ0n) is 9.97. The van der Waals surface area contributed by atoms with Gasteiger partial charge >= 0.3 is 0 Å². The van der Waals surface area contributed by atoms with Crippen molar-refractivity contribution in [1.29, 1.82) is 0 Å². The number of hydrogen-bond acceptors (Lipinski definition) is 5. The maximum atomic E-state index is 5.98. The van der Waals surface area contributed by atoms with E-state index in [0.29, 0.717) is 11.7 Å².